The van der Waals surface area contributed by atoms with Gasteiger partial charge in [-0.25, -0.2) is 21.1 Å². The van der Waals surface area contributed by atoms with E-state index in [1.165, 1.54) is 30.5 Å². The maximum Gasteiger partial charge on any atom is 0.246 e. The van der Waals surface area contributed by atoms with Crippen LogP contribution < -0.4 is 14.8 Å². The van der Waals surface area contributed by atoms with Gasteiger partial charge in [0.1, 0.15) is 10.6 Å². The summed E-state index contributed by atoms with van der Waals surface area (Å²) in [6.45, 7) is 1.70. The van der Waals surface area contributed by atoms with Crippen LogP contribution >= 0.6 is 0 Å². The zero-order chi connectivity index (χ0) is 21.6. The van der Waals surface area contributed by atoms with Crippen LogP contribution in [0.4, 0.5) is 5.69 Å². The van der Waals surface area contributed by atoms with Gasteiger partial charge in [-0.1, -0.05) is 6.92 Å². The van der Waals surface area contributed by atoms with Crippen LogP contribution in [0, 0.1) is 11.8 Å². The summed E-state index contributed by atoms with van der Waals surface area (Å²) in [5.74, 6) is -2.48. The monoisotopic (exact) mass is 445 g/mol. The number of sulfonamides is 2. The van der Waals surface area contributed by atoms with Crippen molar-refractivity contribution in [1.82, 2.24) is 4.31 Å². The summed E-state index contributed by atoms with van der Waals surface area (Å²) >= 11 is 0. The minimum atomic E-state index is -4.05. The molecule has 29 heavy (non-hydrogen) atoms. The first-order chi connectivity index (χ1) is 13.5. The Bertz CT molecular complexity index is 1040. The highest BCUT2D eigenvalue weighted by atomic mass is 32.2. The Kier molecular flexibility index (Phi) is 5.62. The van der Waals surface area contributed by atoms with E-state index in [1.54, 1.807) is 0 Å². The van der Waals surface area contributed by atoms with E-state index in [0.717, 1.165) is 6.07 Å². The fourth-order valence-corrected chi connectivity index (χ4v) is 7.06. The second-order valence-electron chi connectivity index (χ2n) is 7.20. The molecule has 0 aromatic heterocycles. The van der Waals surface area contributed by atoms with E-state index >= 15 is 0 Å². The molecule has 2 N–H and O–H groups in total. The number of methoxy groups -OCH3 is 1. The molecule has 0 saturated carbocycles. The lowest BCUT2D eigenvalue weighted by Crippen LogP contribution is -2.41. The summed E-state index contributed by atoms with van der Waals surface area (Å²) in [6.07, 6.45) is 0.597. The lowest BCUT2D eigenvalue weighted by atomic mass is 9.98. The molecule has 10 nitrogen and oxygen atoms in total. The zero-order valence-electron chi connectivity index (χ0n) is 16.1. The fourth-order valence-electron chi connectivity index (χ4n) is 3.60. The van der Waals surface area contributed by atoms with Gasteiger partial charge in [0.15, 0.2) is 0 Å². The van der Waals surface area contributed by atoms with Gasteiger partial charge in [-0.2, -0.15) is 4.31 Å². The first-order valence-electron chi connectivity index (χ1n) is 9.03. The molecule has 1 atom stereocenters. The lowest BCUT2D eigenvalue weighted by molar-refractivity contribution is -0.123. The number of primary amides is 1. The highest BCUT2D eigenvalue weighted by Crippen LogP contribution is 2.36. The molecule has 2 aliphatic heterocycles. The maximum atomic E-state index is 13.2. The molecule has 2 heterocycles. The van der Waals surface area contributed by atoms with Gasteiger partial charge in [0.2, 0.25) is 31.9 Å². The topological polar surface area (TPSA) is 144 Å². The molecule has 2 amide bonds. The molecular formula is C17H23N3O7S2. The van der Waals surface area contributed by atoms with Crippen LogP contribution in [0.25, 0.3) is 0 Å². The molecule has 2 aliphatic rings. The van der Waals surface area contributed by atoms with Crippen LogP contribution in [0.15, 0.2) is 23.1 Å². The Morgan fingerprint density at radius 2 is 1.86 bits per heavy atom. The van der Waals surface area contributed by atoms with Crippen molar-refractivity contribution in [2.24, 2.45) is 17.6 Å². The molecule has 2 fully saturated rings. The van der Waals surface area contributed by atoms with E-state index in [2.05, 4.69) is 0 Å². The molecule has 12 heteroatoms. The molecule has 0 radical (unpaired) electrons. The van der Waals surface area contributed by atoms with Gasteiger partial charge in [0.05, 0.1) is 24.5 Å². The Labute approximate surface area is 169 Å². The van der Waals surface area contributed by atoms with Crippen molar-refractivity contribution in [3.05, 3.63) is 18.2 Å². The predicted molar refractivity (Wildman–Crippen MR) is 104 cm³/mol. The summed E-state index contributed by atoms with van der Waals surface area (Å²) in [4.78, 5) is 23.4. The summed E-state index contributed by atoms with van der Waals surface area (Å²) in [5, 5.41) is 0. The molecule has 0 spiro atoms. The molecule has 2 saturated heterocycles. The van der Waals surface area contributed by atoms with Crippen LogP contribution in [0.5, 0.6) is 5.75 Å². The van der Waals surface area contributed by atoms with E-state index in [-0.39, 0.29) is 41.1 Å². The lowest BCUT2D eigenvalue weighted by Gasteiger charge is -2.30. The molecule has 1 aromatic carbocycles. The van der Waals surface area contributed by atoms with Gasteiger partial charge in [0.25, 0.3) is 0 Å². The van der Waals surface area contributed by atoms with Crippen LogP contribution in [-0.4, -0.2) is 58.9 Å². The van der Waals surface area contributed by atoms with Gasteiger partial charge in [-0.3, -0.25) is 9.59 Å². The van der Waals surface area contributed by atoms with E-state index in [1.807, 2.05) is 0 Å². The van der Waals surface area contributed by atoms with E-state index in [9.17, 15) is 26.4 Å². The smallest absolute Gasteiger partial charge is 0.246 e. The van der Waals surface area contributed by atoms with E-state index in [4.69, 9.17) is 10.5 Å². The SMILES string of the molecule is COc1ccc(N2C(=O)C(C)CS2(=O)=O)cc1S(=O)(=O)N1CCC(C(N)=O)CC1. The number of nitrogens with two attached hydrogens (primary N) is 1. The van der Waals surface area contributed by atoms with Crippen molar-refractivity contribution in [3.63, 3.8) is 0 Å². The number of carbonyl (C=O) groups is 2. The van der Waals surface area contributed by atoms with Crippen molar-refractivity contribution >= 4 is 37.5 Å². The number of amides is 2. The van der Waals surface area contributed by atoms with Gasteiger partial charge in [-0.05, 0) is 31.0 Å². The number of piperidine rings is 1. The van der Waals surface area contributed by atoms with E-state index in [0.29, 0.717) is 17.1 Å². The second kappa shape index (κ2) is 7.58. The number of rotatable bonds is 5. The van der Waals surface area contributed by atoms with Crippen molar-refractivity contribution in [2.75, 3.05) is 30.3 Å². The largest absolute Gasteiger partial charge is 0.495 e. The second-order valence-corrected chi connectivity index (χ2v) is 11.0. The highest BCUT2D eigenvalue weighted by Gasteiger charge is 2.43. The predicted octanol–water partition coefficient (Wildman–Crippen LogP) is -0.106. The van der Waals surface area contributed by atoms with Gasteiger partial charge < -0.3 is 10.5 Å². The summed E-state index contributed by atoms with van der Waals surface area (Å²) < 4.78 is 58.2. The third-order valence-electron chi connectivity index (χ3n) is 5.22. The maximum absolute atomic E-state index is 13.2. The molecule has 0 bridgehead atoms. The molecular weight excluding hydrogens is 422 g/mol. The Balaban J connectivity index is 2.00. The van der Waals surface area contributed by atoms with Crippen LogP contribution in [0.1, 0.15) is 19.8 Å². The molecule has 0 aliphatic carbocycles. The number of hydrogen-bond acceptors (Lipinski definition) is 7. The van der Waals surface area contributed by atoms with Crippen molar-refractivity contribution in [3.8, 4) is 5.75 Å². The molecule has 3 rings (SSSR count). The third-order valence-corrected chi connectivity index (χ3v) is 9.00. The average molecular weight is 446 g/mol. The number of ether oxygens (including phenoxy) is 1. The van der Waals surface area contributed by atoms with Gasteiger partial charge >= 0.3 is 0 Å². The standard InChI is InChI=1S/C17H23N3O7S2/c1-11-10-28(23,24)20(17(11)22)13-3-4-14(27-2)15(9-13)29(25,26)19-7-5-12(6-8-19)16(18)21/h3-4,9,11-12H,5-8,10H2,1-2H3,(H2,18,21). The molecule has 160 valence electrons. The highest BCUT2D eigenvalue weighted by molar-refractivity contribution is 7.94. The summed E-state index contributed by atoms with van der Waals surface area (Å²) in [6, 6.07) is 3.80. The first kappa shape index (κ1) is 21.5. The molecule has 1 aromatic rings. The molecule has 1 unspecified atom stereocenters. The average Bonchev–Trinajstić information content (AvgIpc) is 2.88. The van der Waals surface area contributed by atoms with Crippen LogP contribution in [0.3, 0.4) is 0 Å². The number of carbonyl (C=O) groups excluding carboxylic acids is 2. The third kappa shape index (κ3) is 3.83. The Morgan fingerprint density at radius 1 is 1.24 bits per heavy atom. The van der Waals surface area contributed by atoms with Gasteiger partial charge in [-0.15, -0.1) is 0 Å². The van der Waals surface area contributed by atoms with Crippen LogP contribution in [-0.2, 0) is 29.6 Å². The fraction of sp³-hybridized carbons (Fsp3) is 0.529. The first-order valence-corrected chi connectivity index (χ1v) is 12.1. The van der Waals surface area contributed by atoms with Crippen molar-refractivity contribution in [2.45, 2.75) is 24.7 Å². The summed E-state index contributed by atoms with van der Waals surface area (Å²) in [5.41, 5.74) is 5.25. The minimum absolute atomic E-state index is 0.0304. The van der Waals surface area contributed by atoms with Crippen molar-refractivity contribution in [1.29, 1.82) is 0 Å². The number of hydrogen-bond donors (Lipinski definition) is 1. The number of benzene rings is 1. The Hall–Kier alpha value is -2.18. The number of nitrogens with zero attached hydrogens (tertiary/aromatic N) is 2. The van der Waals surface area contributed by atoms with Crippen LogP contribution in [0.2, 0.25) is 0 Å². The number of anilines is 1. The minimum Gasteiger partial charge on any atom is -0.495 e. The quantitative estimate of drug-likeness (QED) is 0.666. The Morgan fingerprint density at radius 3 is 2.34 bits per heavy atom. The van der Waals surface area contributed by atoms with Gasteiger partial charge in [0, 0.05) is 19.0 Å². The zero-order valence-corrected chi connectivity index (χ0v) is 17.7. The van der Waals surface area contributed by atoms with Crippen molar-refractivity contribution < 1.29 is 31.2 Å². The van der Waals surface area contributed by atoms with E-state index < -0.39 is 37.8 Å². The summed E-state index contributed by atoms with van der Waals surface area (Å²) in [7, 11) is -6.63. The normalized spacial score (nSPS) is 23.3.